The van der Waals surface area contributed by atoms with Crippen molar-refractivity contribution >= 4 is 23.4 Å². The molecular weight excluding hydrogens is 210 g/mol. The number of Topliss-reactive ketones (excluding diaryl/α,β-unsaturated/α-hetero) is 2. The van der Waals surface area contributed by atoms with E-state index in [2.05, 4.69) is 0 Å². The Hall–Kier alpha value is -1.52. The molecule has 1 aliphatic rings. The lowest BCUT2D eigenvalue weighted by molar-refractivity contribution is -0.142. The summed E-state index contributed by atoms with van der Waals surface area (Å²) in [5, 5.41) is 0. The predicted molar refractivity (Wildman–Crippen MR) is 55.4 cm³/mol. The van der Waals surface area contributed by atoms with E-state index in [0.717, 1.165) is 4.90 Å². The van der Waals surface area contributed by atoms with E-state index in [1.807, 2.05) is 0 Å². The maximum absolute atomic E-state index is 11.6. The van der Waals surface area contributed by atoms with Gasteiger partial charge in [0.1, 0.15) is 5.78 Å². The molecule has 0 aromatic carbocycles. The van der Waals surface area contributed by atoms with Crippen LogP contribution in [0.5, 0.6) is 0 Å². The van der Waals surface area contributed by atoms with E-state index in [1.54, 1.807) is 6.92 Å². The smallest absolute Gasteiger partial charge is 0.230 e. The number of rotatable bonds is 5. The predicted octanol–water partition coefficient (Wildman–Crippen LogP) is 0.320. The highest BCUT2D eigenvalue weighted by Crippen LogP contribution is 2.13. The average molecular weight is 225 g/mol. The summed E-state index contributed by atoms with van der Waals surface area (Å²) in [5.41, 5.74) is 0. The van der Waals surface area contributed by atoms with Gasteiger partial charge in [0.15, 0.2) is 5.78 Å². The number of hydrogen-bond donors (Lipinski definition) is 0. The Morgan fingerprint density at radius 2 is 1.75 bits per heavy atom. The molecule has 0 spiro atoms. The zero-order valence-corrected chi connectivity index (χ0v) is 9.49. The van der Waals surface area contributed by atoms with E-state index < -0.39 is 5.92 Å². The fourth-order valence-corrected chi connectivity index (χ4v) is 1.66. The molecule has 2 amide bonds. The number of carbonyl (C=O) groups excluding carboxylic acids is 4. The van der Waals surface area contributed by atoms with Gasteiger partial charge in [0, 0.05) is 25.2 Å². The second-order valence-electron chi connectivity index (χ2n) is 4.15. The van der Waals surface area contributed by atoms with Crippen LogP contribution in [0, 0.1) is 5.92 Å². The maximum Gasteiger partial charge on any atom is 0.230 e. The van der Waals surface area contributed by atoms with Crippen molar-refractivity contribution in [1.29, 1.82) is 0 Å². The molecule has 5 nitrogen and oxygen atoms in total. The van der Waals surface area contributed by atoms with E-state index in [0.29, 0.717) is 0 Å². The van der Waals surface area contributed by atoms with Crippen LogP contribution in [0.2, 0.25) is 0 Å². The monoisotopic (exact) mass is 225 g/mol. The van der Waals surface area contributed by atoms with Gasteiger partial charge in [-0.2, -0.15) is 0 Å². The highest BCUT2D eigenvalue weighted by atomic mass is 16.2. The van der Waals surface area contributed by atoms with Crippen LogP contribution in [0.15, 0.2) is 0 Å². The summed E-state index contributed by atoms with van der Waals surface area (Å²) in [6.07, 6.45) is 0.537. The minimum atomic E-state index is -0.432. The third-order valence-electron chi connectivity index (χ3n) is 2.61. The molecule has 0 aromatic heterocycles. The van der Waals surface area contributed by atoms with Crippen molar-refractivity contribution < 1.29 is 19.2 Å². The van der Waals surface area contributed by atoms with Gasteiger partial charge in [-0.05, 0) is 6.92 Å². The summed E-state index contributed by atoms with van der Waals surface area (Å²) < 4.78 is 0. The van der Waals surface area contributed by atoms with E-state index in [1.165, 1.54) is 6.92 Å². The lowest BCUT2D eigenvalue weighted by atomic mass is 10.00. The molecular formula is C11H15NO4. The molecule has 16 heavy (non-hydrogen) atoms. The molecule has 1 heterocycles. The number of carbonyl (C=O) groups is 4. The minimum Gasteiger partial charge on any atom is -0.300 e. The van der Waals surface area contributed by atoms with Crippen LogP contribution in [0.1, 0.15) is 33.1 Å². The normalized spacial score (nSPS) is 17.8. The first kappa shape index (κ1) is 12.5. The molecule has 5 heteroatoms. The molecule has 0 aromatic rings. The maximum atomic E-state index is 11.6. The van der Waals surface area contributed by atoms with Crippen LogP contribution in [0.3, 0.4) is 0 Å². The molecule has 0 radical (unpaired) electrons. The second kappa shape index (κ2) is 5.01. The third-order valence-corrected chi connectivity index (χ3v) is 2.61. The van der Waals surface area contributed by atoms with Gasteiger partial charge < -0.3 is 4.79 Å². The number of amides is 2. The fraction of sp³-hybridized carbons (Fsp3) is 0.636. The van der Waals surface area contributed by atoms with Gasteiger partial charge in [0.2, 0.25) is 11.8 Å². The Kier molecular flexibility index (Phi) is 3.93. The summed E-state index contributed by atoms with van der Waals surface area (Å²) in [4.78, 5) is 45.9. The highest BCUT2D eigenvalue weighted by molar-refractivity contribution is 6.05. The van der Waals surface area contributed by atoms with Crippen molar-refractivity contribution in [3.8, 4) is 0 Å². The minimum absolute atomic E-state index is 0.0695. The third kappa shape index (κ3) is 2.98. The standard InChI is InChI=1S/C11H15NO4/c1-7(5-8(2)13)9(14)6-12-10(15)3-4-11(12)16/h7H,3-6H2,1-2H3. The van der Waals surface area contributed by atoms with Crippen molar-refractivity contribution in [2.24, 2.45) is 5.92 Å². The summed E-state index contributed by atoms with van der Waals surface area (Å²) in [7, 11) is 0. The van der Waals surface area contributed by atoms with Crippen molar-refractivity contribution in [2.45, 2.75) is 33.1 Å². The Morgan fingerprint density at radius 3 is 2.19 bits per heavy atom. The Bertz CT molecular complexity index is 332. The van der Waals surface area contributed by atoms with E-state index in [9.17, 15) is 19.2 Å². The molecule has 1 unspecified atom stereocenters. The number of ketones is 2. The summed E-state index contributed by atoms with van der Waals surface area (Å²) >= 11 is 0. The first-order valence-corrected chi connectivity index (χ1v) is 5.27. The number of likely N-dealkylation sites (tertiary alicyclic amines) is 1. The molecule has 1 aliphatic heterocycles. The van der Waals surface area contributed by atoms with Gasteiger partial charge in [0.25, 0.3) is 0 Å². The molecule has 0 saturated carbocycles. The zero-order chi connectivity index (χ0) is 12.3. The van der Waals surface area contributed by atoms with Gasteiger partial charge in [-0.1, -0.05) is 6.92 Å². The van der Waals surface area contributed by atoms with Crippen LogP contribution in [-0.2, 0) is 19.2 Å². The van der Waals surface area contributed by atoms with Crippen LogP contribution in [0.4, 0.5) is 0 Å². The molecule has 0 bridgehead atoms. The van der Waals surface area contributed by atoms with E-state index in [4.69, 9.17) is 0 Å². The van der Waals surface area contributed by atoms with Gasteiger partial charge in [0.05, 0.1) is 6.54 Å². The summed E-state index contributed by atoms with van der Waals surface area (Å²) in [6, 6.07) is 0. The first-order valence-electron chi connectivity index (χ1n) is 5.27. The molecule has 1 fully saturated rings. The SMILES string of the molecule is CC(=O)CC(C)C(=O)CN1C(=O)CCC1=O. The molecule has 88 valence electrons. The van der Waals surface area contributed by atoms with Gasteiger partial charge >= 0.3 is 0 Å². The van der Waals surface area contributed by atoms with Crippen molar-refractivity contribution in [3.63, 3.8) is 0 Å². The lowest BCUT2D eigenvalue weighted by Crippen LogP contribution is -2.36. The van der Waals surface area contributed by atoms with Crippen LogP contribution in [0.25, 0.3) is 0 Å². The topological polar surface area (TPSA) is 71.5 Å². The molecule has 0 aliphatic carbocycles. The molecule has 1 atom stereocenters. The molecule has 1 rings (SSSR count). The number of hydrogen-bond acceptors (Lipinski definition) is 4. The zero-order valence-electron chi connectivity index (χ0n) is 9.49. The van der Waals surface area contributed by atoms with Crippen molar-refractivity contribution in [2.75, 3.05) is 6.54 Å². The van der Waals surface area contributed by atoms with Gasteiger partial charge in [-0.3, -0.25) is 19.3 Å². The van der Waals surface area contributed by atoms with E-state index >= 15 is 0 Å². The molecule has 0 N–H and O–H groups in total. The largest absolute Gasteiger partial charge is 0.300 e. The lowest BCUT2D eigenvalue weighted by Gasteiger charge is -2.15. The van der Waals surface area contributed by atoms with Gasteiger partial charge in [-0.25, -0.2) is 0 Å². The Morgan fingerprint density at radius 1 is 1.25 bits per heavy atom. The van der Waals surface area contributed by atoms with Crippen LogP contribution >= 0.6 is 0 Å². The van der Waals surface area contributed by atoms with Crippen molar-refractivity contribution in [1.82, 2.24) is 4.90 Å². The van der Waals surface area contributed by atoms with Crippen LogP contribution < -0.4 is 0 Å². The first-order chi connectivity index (χ1) is 7.41. The molecule has 1 saturated heterocycles. The fourth-order valence-electron chi connectivity index (χ4n) is 1.66. The van der Waals surface area contributed by atoms with Crippen molar-refractivity contribution in [3.05, 3.63) is 0 Å². The number of nitrogens with zero attached hydrogens (tertiary/aromatic N) is 1. The average Bonchev–Trinajstić information content (AvgIpc) is 2.48. The Balaban J connectivity index is 2.53. The van der Waals surface area contributed by atoms with Crippen LogP contribution in [-0.4, -0.2) is 34.8 Å². The Labute approximate surface area is 93.8 Å². The summed E-state index contributed by atoms with van der Waals surface area (Å²) in [5.74, 6) is -1.33. The highest BCUT2D eigenvalue weighted by Gasteiger charge is 2.31. The second-order valence-corrected chi connectivity index (χ2v) is 4.15. The van der Waals surface area contributed by atoms with E-state index in [-0.39, 0.29) is 49.2 Å². The van der Waals surface area contributed by atoms with Gasteiger partial charge in [-0.15, -0.1) is 0 Å². The quantitative estimate of drug-likeness (QED) is 0.632. The number of imide groups is 1. The summed E-state index contributed by atoms with van der Waals surface area (Å²) in [6.45, 7) is 2.86.